The fourth-order valence-corrected chi connectivity index (χ4v) is 8.49. The van der Waals surface area contributed by atoms with E-state index in [2.05, 4.69) is 33.5 Å². The Labute approximate surface area is 187 Å². The molecule has 4 N–H and O–H groups in total. The van der Waals surface area contributed by atoms with Crippen molar-refractivity contribution in [3.63, 3.8) is 0 Å². The molecule has 30 heavy (non-hydrogen) atoms. The number of primary sulfonamides is 1. The Morgan fingerprint density at radius 3 is 2.50 bits per heavy atom. The van der Waals surface area contributed by atoms with Crippen LogP contribution in [0.3, 0.4) is 0 Å². The molecule has 4 fully saturated rings. The van der Waals surface area contributed by atoms with Gasteiger partial charge in [0, 0.05) is 17.3 Å². The fourth-order valence-electron chi connectivity index (χ4n) is 6.44. The maximum Gasteiger partial charge on any atom is 0.238 e. The van der Waals surface area contributed by atoms with Crippen LogP contribution in [0.25, 0.3) is 0 Å². The number of rotatable bonds is 8. The summed E-state index contributed by atoms with van der Waals surface area (Å²) in [6.45, 7) is 2.87. The minimum Gasteiger partial charge on any atom is -0.383 e. The highest BCUT2D eigenvalue weighted by Gasteiger charge is 2.57. The molecule has 0 saturated heterocycles. The molecule has 2 atom stereocenters. The highest BCUT2D eigenvalue weighted by atomic mass is 79.9. The molecule has 0 spiro atoms. The first-order chi connectivity index (χ1) is 14.1. The van der Waals surface area contributed by atoms with E-state index in [4.69, 9.17) is 5.14 Å². The lowest BCUT2D eigenvalue weighted by molar-refractivity contribution is -0.123. The molecular formula is C22H32BrN3O3S. The molecule has 4 bridgehead atoms. The summed E-state index contributed by atoms with van der Waals surface area (Å²) in [6.07, 6.45) is 9.60. The Bertz CT molecular complexity index is 920. The third-order valence-electron chi connectivity index (χ3n) is 7.09. The van der Waals surface area contributed by atoms with Gasteiger partial charge < -0.3 is 10.6 Å². The molecule has 1 aromatic rings. The quantitative estimate of drug-likeness (QED) is 0.360. The second-order valence-corrected chi connectivity index (χ2v) is 13.1. The fraction of sp³-hybridized carbons (Fsp3) is 0.682. The third kappa shape index (κ3) is 4.70. The van der Waals surface area contributed by atoms with Crippen LogP contribution in [0.5, 0.6) is 0 Å². The Balaban J connectivity index is 1.52. The molecule has 1 aromatic carbocycles. The topological polar surface area (TPSA) is 101 Å². The van der Waals surface area contributed by atoms with Crippen LogP contribution in [0.4, 0.5) is 11.4 Å². The van der Waals surface area contributed by atoms with E-state index in [1.807, 2.05) is 0 Å². The number of hydrogen-bond acceptors (Lipinski definition) is 4. The van der Waals surface area contributed by atoms with Crippen molar-refractivity contribution in [3.8, 4) is 0 Å². The van der Waals surface area contributed by atoms with E-state index >= 15 is 0 Å². The van der Waals surface area contributed by atoms with Gasteiger partial charge in [-0.1, -0.05) is 29.3 Å². The van der Waals surface area contributed by atoms with E-state index in [0.717, 1.165) is 56.2 Å². The number of nitrogens with one attached hydrogen (secondary N) is 2. The first-order valence-corrected chi connectivity index (χ1v) is 13.3. The zero-order valence-corrected chi connectivity index (χ0v) is 19.9. The van der Waals surface area contributed by atoms with Gasteiger partial charge in [0.1, 0.15) is 0 Å². The summed E-state index contributed by atoms with van der Waals surface area (Å²) in [5.41, 5.74) is 1.28. The second kappa shape index (κ2) is 8.10. The van der Waals surface area contributed by atoms with Crippen molar-refractivity contribution in [1.29, 1.82) is 0 Å². The van der Waals surface area contributed by atoms with Gasteiger partial charge >= 0.3 is 0 Å². The second-order valence-electron chi connectivity index (χ2n) is 9.87. The average molecular weight is 498 g/mol. The van der Waals surface area contributed by atoms with Gasteiger partial charge in [-0.3, -0.25) is 4.79 Å². The molecule has 166 valence electrons. The highest BCUT2D eigenvalue weighted by Crippen LogP contribution is 2.65. The lowest BCUT2D eigenvalue weighted by atomic mass is 9.48. The first kappa shape index (κ1) is 22.1. The third-order valence-corrected chi connectivity index (χ3v) is 8.92. The lowest BCUT2D eigenvalue weighted by Crippen LogP contribution is -2.53. The predicted molar refractivity (Wildman–Crippen MR) is 123 cm³/mol. The van der Waals surface area contributed by atoms with E-state index in [1.54, 1.807) is 6.07 Å². The molecular weight excluding hydrogens is 466 g/mol. The van der Waals surface area contributed by atoms with Gasteiger partial charge in [-0.25, -0.2) is 13.6 Å². The largest absolute Gasteiger partial charge is 0.383 e. The van der Waals surface area contributed by atoms with Crippen LogP contribution in [0.2, 0.25) is 0 Å². The number of carbonyl (C=O) groups excluding carboxylic acids is 1. The number of benzene rings is 1. The standard InChI is InChI=1S/C22H32BrN3O3S/c1-2-3-6-25-18-5-4-17(30(24,28)29)8-19(18)26-20(27)13-21-9-15-7-16(10-21)12-22(23,11-15)14-21/h4-5,8,15-16,25H,2-3,6-7,9-14H2,1H3,(H,26,27)(H2,24,28,29). The van der Waals surface area contributed by atoms with Crippen LogP contribution in [0, 0.1) is 17.3 Å². The Morgan fingerprint density at radius 2 is 1.90 bits per heavy atom. The van der Waals surface area contributed by atoms with Gasteiger partial charge in [-0.15, -0.1) is 0 Å². The predicted octanol–water partition coefficient (Wildman–Crippen LogP) is 4.61. The number of alkyl halides is 1. The monoisotopic (exact) mass is 497 g/mol. The summed E-state index contributed by atoms with van der Waals surface area (Å²) in [5.74, 6) is 1.39. The number of sulfonamides is 1. The Morgan fingerprint density at radius 1 is 1.20 bits per heavy atom. The molecule has 8 heteroatoms. The molecule has 6 nitrogen and oxygen atoms in total. The summed E-state index contributed by atoms with van der Waals surface area (Å²) >= 11 is 4.01. The molecule has 4 aliphatic rings. The maximum absolute atomic E-state index is 13.1. The molecule has 2 unspecified atom stereocenters. The number of nitrogens with two attached hydrogens (primary N) is 1. The van der Waals surface area contributed by atoms with E-state index in [-0.39, 0.29) is 20.5 Å². The van der Waals surface area contributed by atoms with Crippen molar-refractivity contribution in [2.24, 2.45) is 22.4 Å². The van der Waals surface area contributed by atoms with Crippen LogP contribution >= 0.6 is 15.9 Å². The van der Waals surface area contributed by atoms with Gasteiger partial charge in [-0.05, 0) is 80.4 Å². The normalized spacial score (nSPS) is 32.2. The van der Waals surface area contributed by atoms with E-state index in [1.165, 1.54) is 31.4 Å². The highest BCUT2D eigenvalue weighted by molar-refractivity contribution is 9.10. The van der Waals surface area contributed by atoms with Gasteiger partial charge in [0.2, 0.25) is 15.9 Å². The lowest BCUT2D eigenvalue weighted by Gasteiger charge is -2.60. The molecule has 0 radical (unpaired) electrons. The van der Waals surface area contributed by atoms with Crippen molar-refractivity contribution < 1.29 is 13.2 Å². The molecule has 4 saturated carbocycles. The molecule has 1 amide bonds. The van der Waals surface area contributed by atoms with Crippen molar-refractivity contribution in [2.45, 2.75) is 73.9 Å². The van der Waals surface area contributed by atoms with Gasteiger partial charge in [0.15, 0.2) is 0 Å². The molecule has 4 aliphatic carbocycles. The molecule has 0 heterocycles. The van der Waals surface area contributed by atoms with Crippen molar-refractivity contribution in [2.75, 3.05) is 17.2 Å². The number of halogens is 1. The van der Waals surface area contributed by atoms with E-state index in [9.17, 15) is 13.2 Å². The Hall–Kier alpha value is -1.12. The number of anilines is 2. The zero-order valence-electron chi connectivity index (χ0n) is 17.5. The summed E-state index contributed by atoms with van der Waals surface area (Å²) in [6, 6.07) is 4.63. The Kier molecular flexibility index (Phi) is 5.96. The summed E-state index contributed by atoms with van der Waals surface area (Å²) < 4.78 is 23.8. The minimum absolute atomic E-state index is 0.00746. The van der Waals surface area contributed by atoms with Crippen LogP contribution in [-0.4, -0.2) is 25.2 Å². The molecule has 0 aromatic heterocycles. The van der Waals surface area contributed by atoms with Gasteiger partial charge in [0.25, 0.3) is 0 Å². The number of amides is 1. The number of carbonyl (C=O) groups is 1. The SMILES string of the molecule is CCCCNc1ccc(S(N)(=O)=O)cc1NC(=O)CC12CC3CC(CC(Br)(C3)C1)C2. The number of unbranched alkanes of at least 4 members (excludes halogenated alkanes) is 1. The first-order valence-electron chi connectivity index (χ1n) is 11.0. The maximum atomic E-state index is 13.1. The van der Waals surface area contributed by atoms with E-state index in [0.29, 0.717) is 12.1 Å². The van der Waals surface area contributed by atoms with Crippen LogP contribution in [0.1, 0.15) is 64.7 Å². The van der Waals surface area contributed by atoms with E-state index < -0.39 is 10.0 Å². The summed E-state index contributed by atoms with van der Waals surface area (Å²) in [4.78, 5) is 13.1. The van der Waals surface area contributed by atoms with Crippen LogP contribution in [-0.2, 0) is 14.8 Å². The smallest absolute Gasteiger partial charge is 0.238 e. The molecule has 0 aliphatic heterocycles. The van der Waals surface area contributed by atoms with Crippen molar-refractivity contribution >= 4 is 43.2 Å². The average Bonchev–Trinajstić information content (AvgIpc) is 2.59. The summed E-state index contributed by atoms with van der Waals surface area (Å²) in [5, 5.41) is 11.6. The minimum atomic E-state index is -3.84. The van der Waals surface area contributed by atoms with Gasteiger partial charge in [0.05, 0.1) is 16.3 Å². The van der Waals surface area contributed by atoms with Crippen LogP contribution < -0.4 is 15.8 Å². The van der Waals surface area contributed by atoms with Gasteiger partial charge in [-0.2, -0.15) is 0 Å². The van der Waals surface area contributed by atoms with Crippen molar-refractivity contribution in [3.05, 3.63) is 18.2 Å². The molecule has 5 rings (SSSR count). The van der Waals surface area contributed by atoms with Crippen LogP contribution in [0.15, 0.2) is 23.1 Å². The summed E-state index contributed by atoms with van der Waals surface area (Å²) in [7, 11) is -3.84. The van der Waals surface area contributed by atoms with Crippen molar-refractivity contribution in [1.82, 2.24) is 0 Å². The number of hydrogen-bond donors (Lipinski definition) is 3. The zero-order chi connectivity index (χ0) is 21.6.